The van der Waals surface area contributed by atoms with E-state index in [2.05, 4.69) is 15.5 Å². The molecule has 0 aliphatic carbocycles. The number of aryl methyl sites for hydroxylation is 1. The van der Waals surface area contributed by atoms with Crippen molar-refractivity contribution >= 4 is 17.4 Å². The van der Waals surface area contributed by atoms with Gasteiger partial charge in [0.2, 0.25) is 5.16 Å². The molecule has 0 saturated carbocycles. The first-order valence-corrected chi connectivity index (χ1v) is 5.72. The van der Waals surface area contributed by atoms with E-state index in [4.69, 9.17) is 0 Å². The number of hydrogen-bond donors (Lipinski definition) is 1. The maximum atomic E-state index is 10.6. The minimum atomic E-state index is -0.502. The van der Waals surface area contributed by atoms with Crippen molar-refractivity contribution in [2.24, 2.45) is 7.05 Å². The fourth-order valence-corrected chi connectivity index (χ4v) is 2.14. The molecule has 1 heterocycles. The molecule has 0 aliphatic rings. The van der Waals surface area contributed by atoms with Crippen molar-refractivity contribution in [1.29, 1.82) is 0 Å². The Labute approximate surface area is 106 Å². The van der Waals surface area contributed by atoms with Crippen molar-refractivity contribution in [3.63, 3.8) is 0 Å². The highest BCUT2D eigenvalue weighted by molar-refractivity contribution is 7.99. The van der Waals surface area contributed by atoms with Crippen LogP contribution >= 0.6 is 11.8 Å². The number of non-ortho nitro benzene ring substituents is 1. The maximum Gasteiger partial charge on any atom is 0.269 e. The number of aliphatic hydroxyl groups is 1. The molecule has 0 spiro atoms. The van der Waals surface area contributed by atoms with Crippen LogP contribution in [0.15, 0.2) is 28.3 Å². The molecule has 2 rings (SSSR count). The zero-order valence-electron chi connectivity index (χ0n) is 9.35. The Morgan fingerprint density at radius 1 is 1.56 bits per heavy atom. The average molecular weight is 267 g/mol. The summed E-state index contributed by atoms with van der Waals surface area (Å²) in [6.07, 6.45) is 0. The van der Waals surface area contributed by atoms with Crippen LogP contribution in [0.3, 0.4) is 0 Å². The maximum absolute atomic E-state index is 10.6. The number of tetrazole rings is 1. The summed E-state index contributed by atoms with van der Waals surface area (Å²) in [7, 11) is 1.69. The molecule has 94 valence electrons. The van der Waals surface area contributed by atoms with Gasteiger partial charge in [-0.3, -0.25) is 10.1 Å². The van der Waals surface area contributed by atoms with Crippen LogP contribution in [0.25, 0.3) is 0 Å². The second-order valence-electron chi connectivity index (χ2n) is 3.39. The molecular weight excluding hydrogens is 258 g/mol. The molecule has 2 aromatic rings. The Morgan fingerprint density at radius 3 is 2.89 bits per heavy atom. The average Bonchev–Trinajstić information content (AvgIpc) is 2.75. The quantitative estimate of drug-likeness (QED) is 0.643. The molecule has 9 heteroatoms. The van der Waals surface area contributed by atoms with E-state index in [9.17, 15) is 15.2 Å². The van der Waals surface area contributed by atoms with Crippen LogP contribution in [0.1, 0.15) is 5.56 Å². The largest absolute Gasteiger partial charge is 0.392 e. The SMILES string of the molecule is Cn1nnnc1Sc1ccc([N+](=O)[O-])cc1CO. The van der Waals surface area contributed by atoms with Gasteiger partial charge in [-0.2, -0.15) is 0 Å². The number of benzene rings is 1. The smallest absolute Gasteiger partial charge is 0.269 e. The first kappa shape index (κ1) is 12.5. The Balaban J connectivity index is 2.33. The van der Waals surface area contributed by atoms with Gasteiger partial charge in [0.05, 0.1) is 11.5 Å². The number of hydrogen-bond acceptors (Lipinski definition) is 7. The normalized spacial score (nSPS) is 10.6. The molecular formula is C9H9N5O3S. The molecule has 0 bridgehead atoms. The third kappa shape index (κ3) is 2.46. The molecule has 1 aromatic heterocycles. The van der Waals surface area contributed by atoms with Crippen molar-refractivity contribution < 1.29 is 10.0 Å². The van der Waals surface area contributed by atoms with Crippen LogP contribution in [0.4, 0.5) is 5.69 Å². The Bertz CT molecular complexity index is 585. The van der Waals surface area contributed by atoms with E-state index in [0.29, 0.717) is 15.6 Å². The van der Waals surface area contributed by atoms with Gasteiger partial charge >= 0.3 is 0 Å². The number of rotatable bonds is 4. The summed E-state index contributed by atoms with van der Waals surface area (Å²) in [5.41, 5.74) is 0.414. The Kier molecular flexibility index (Phi) is 3.53. The lowest BCUT2D eigenvalue weighted by Crippen LogP contribution is -1.96. The standard InChI is InChI=1S/C9H9N5O3S/c1-13-9(10-11-12-13)18-8-3-2-7(14(16)17)4-6(8)5-15/h2-4,15H,5H2,1H3. The lowest BCUT2D eigenvalue weighted by atomic mass is 10.2. The van der Waals surface area contributed by atoms with Gasteiger partial charge in [0.15, 0.2) is 0 Å². The van der Waals surface area contributed by atoms with Gasteiger partial charge in [0.1, 0.15) is 0 Å². The van der Waals surface area contributed by atoms with Gasteiger partial charge in [-0.1, -0.05) is 0 Å². The summed E-state index contributed by atoms with van der Waals surface area (Å²) in [5, 5.41) is 31.4. The minimum absolute atomic E-state index is 0.0560. The predicted octanol–water partition coefficient (Wildman–Crippen LogP) is 0.762. The molecule has 18 heavy (non-hydrogen) atoms. The van der Waals surface area contributed by atoms with Crippen LogP contribution in [0.5, 0.6) is 0 Å². The topological polar surface area (TPSA) is 107 Å². The molecule has 0 fully saturated rings. The van der Waals surface area contributed by atoms with Crippen molar-refractivity contribution in [3.05, 3.63) is 33.9 Å². The lowest BCUT2D eigenvalue weighted by Gasteiger charge is -2.05. The van der Waals surface area contributed by atoms with Gasteiger partial charge in [0, 0.05) is 24.1 Å². The first-order chi connectivity index (χ1) is 8.61. The van der Waals surface area contributed by atoms with Crippen LogP contribution in [-0.2, 0) is 13.7 Å². The monoisotopic (exact) mass is 267 g/mol. The zero-order chi connectivity index (χ0) is 13.1. The third-order valence-electron chi connectivity index (χ3n) is 2.21. The summed E-state index contributed by atoms with van der Waals surface area (Å²) in [6, 6.07) is 4.29. The molecule has 0 atom stereocenters. The molecule has 0 aliphatic heterocycles. The van der Waals surface area contributed by atoms with E-state index >= 15 is 0 Å². The molecule has 0 radical (unpaired) electrons. The van der Waals surface area contributed by atoms with Crippen LogP contribution < -0.4 is 0 Å². The van der Waals surface area contributed by atoms with E-state index < -0.39 is 4.92 Å². The highest BCUT2D eigenvalue weighted by Crippen LogP contribution is 2.30. The summed E-state index contributed by atoms with van der Waals surface area (Å²) >= 11 is 1.24. The fourth-order valence-electron chi connectivity index (χ4n) is 1.31. The molecule has 0 saturated heterocycles. The van der Waals surface area contributed by atoms with Crippen molar-refractivity contribution in [3.8, 4) is 0 Å². The molecule has 0 amide bonds. The Morgan fingerprint density at radius 2 is 2.33 bits per heavy atom. The van der Waals surface area contributed by atoms with Gasteiger partial charge in [-0.05, 0) is 33.8 Å². The predicted molar refractivity (Wildman–Crippen MR) is 61.9 cm³/mol. The number of nitro benzene ring substituents is 1. The zero-order valence-corrected chi connectivity index (χ0v) is 10.2. The number of aliphatic hydroxyl groups excluding tert-OH is 1. The highest BCUT2D eigenvalue weighted by Gasteiger charge is 2.13. The number of aromatic nitrogens is 4. The molecule has 1 aromatic carbocycles. The van der Waals surface area contributed by atoms with E-state index in [0.717, 1.165) is 0 Å². The summed E-state index contributed by atoms with van der Waals surface area (Å²) in [6.45, 7) is -0.282. The van der Waals surface area contributed by atoms with Gasteiger partial charge < -0.3 is 5.11 Å². The lowest BCUT2D eigenvalue weighted by molar-refractivity contribution is -0.385. The molecule has 1 N–H and O–H groups in total. The van der Waals surface area contributed by atoms with Gasteiger partial charge in [-0.15, -0.1) is 5.10 Å². The second kappa shape index (κ2) is 5.10. The third-order valence-corrected chi connectivity index (χ3v) is 3.35. The minimum Gasteiger partial charge on any atom is -0.392 e. The summed E-state index contributed by atoms with van der Waals surface area (Å²) in [4.78, 5) is 10.8. The first-order valence-electron chi connectivity index (χ1n) is 4.90. The number of nitrogens with zero attached hydrogens (tertiary/aromatic N) is 5. The summed E-state index contributed by atoms with van der Waals surface area (Å²) in [5.74, 6) is 0. The fraction of sp³-hybridized carbons (Fsp3) is 0.222. The van der Waals surface area contributed by atoms with Crippen molar-refractivity contribution in [2.75, 3.05) is 0 Å². The van der Waals surface area contributed by atoms with E-state index in [-0.39, 0.29) is 12.3 Å². The van der Waals surface area contributed by atoms with Gasteiger partial charge in [-0.25, -0.2) is 4.68 Å². The van der Waals surface area contributed by atoms with Crippen LogP contribution in [0.2, 0.25) is 0 Å². The van der Waals surface area contributed by atoms with E-state index in [1.54, 1.807) is 13.1 Å². The highest BCUT2D eigenvalue weighted by atomic mass is 32.2. The molecule has 8 nitrogen and oxygen atoms in total. The van der Waals surface area contributed by atoms with Gasteiger partial charge in [0.25, 0.3) is 5.69 Å². The van der Waals surface area contributed by atoms with Crippen molar-refractivity contribution in [2.45, 2.75) is 16.7 Å². The van der Waals surface area contributed by atoms with Crippen molar-refractivity contribution in [1.82, 2.24) is 20.2 Å². The van der Waals surface area contributed by atoms with E-state index in [1.165, 1.54) is 28.6 Å². The molecule has 0 unspecified atom stereocenters. The van der Waals surface area contributed by atoms with E-state index in [1.807, 2.05) is 0 Å². The summed E-state index contributed by atoms with van der Waals surface area (Å²) < 4.78 is 1.48. The second-order valence-corrected chi connectivity index (χ2v) is 4.40. The van der Waals surface area contributed by atoms with Crippen LogP contribution in [-0.4, -0.2) is 30.2 Å². The Hall–Kier alpha value is -2.00. The number of nitro groups is 1. The van der Waals surface area contributed by atoms with Crippen LogP contribution in [0, 0.1) is 10.1 Å².